The molecule has 21 heavy (non-hydrogen) atoms. The molecule has 114 valence electrons. The number of ether oxygens (including phenoxy) is 2. The molecule has 1 unspecified atom stereocenters. The molecule has 2 N–H and O–H groups in total. The molecule has 2 aromatic rings. The molecule has 0 saturated heterocycles. The minimum Gasteiger partial charge on any atom is -0.490 e. The number of para-hydroxylation sites is 2. The normalized spacial score (nSPS) is 12.1. The molecular formula is C15H22N4O2. The first-order valence-electron chi connectivity index (χ1n) is 7.24. The van der Waals surface area contributed by atoms with Crippen LogP contribution in [-0.2, 0) is 6.54 Å². The second-order valence-corrected chi connectivity index (χ2v) is 4.65. The Morgan fingerprint density at radius 2 is 1.90 bits per heavy atom. The largest absolute Gasteiger partial charge is 0.490 e. The summed E-state index contributed by atoms with van der Waals surface area (Å²) in [5, 5.41) is 8.12. The van der Waals surface area contributed by atoms with Crippen molar-refractivity contribution in [2.45, 2.75) is 32.9 Å². The van der Waals surface area contributed by atoms with Crippen LogP contribution in [0, 0.1) is 0 Å². The molecule has 0 fully saturated rings. The van der Waals surface area contributed by atoms with Crippen molar-refractivity contribution >= 4 is 0 Å². The number of nitrogens with zero attached hydrogens (tertiary/aromatic N) is 3. The predicted molar refractivity (Wildman–Crippen MR) is 80.3 cm³/mol. The Balaban J connectivity index is 1.88. The van der Waals surface area contributed by atoms with Gasteiger partial charge in [0.25, 0.3) is 0 Å². The van der Waals surface area contributed by atoms with Crippen molar-refractivity contribution in [2.75, 3.05) is 13.2 Å². The Hall–Kier alpha value is -2.08. The van der Waals surface area contributed by atoms with E-state index in [2.05, 4.69) is 10.3 Å². The lowest BCUT2D eigenvalue weighted by Gasteiger charge is -2.11. The summed E-state index contributed by atoms with van der Waals surface area (Å²) in [6.45, 7) is 5.70. The maximum Gasteiger partial charge on any atom is 0.161 e. The van der Waals surface area contributed by atoms with Gasteiger partial charge in [0.2, 0.25) is 0 Å². The fourth-order valence-corrected chi connectivity index (χ4v) is 1.89. The maximum absolute atomic E-state index is 5.92. The molecule has 0 bridgehead atoms. The van der Waals surface area contributed by atoms with E-state index >= 15 is 0 Å². The number of benzene rings is 1. The van der Waals surface area contributed by atoms with E-state index in [1.165, 1.54) is 0 Å². The maximum atomic E-state index is 5.92. The van der Waals surface area contributed by atoms with Crippen LogP contribution in [-0.4, -0.2) is 28.2 Å². The smallest absolute Gasteiger partial charge is 0.161 e. The number of hydrogen-bond donors (Lipinski definition) is 1. The van der Waals surface area contributed by atoms with Crippen molar-refractivity contribution in [3.8, 4) is 11.5 Å². The van der Waals surface area contributed by atoms with Crippen LogP contribution in [0.2, 0.25) is 0 Å². The summed E-state index contributed by atoms with van der Waals surface area (Å²) < 4.78 is 13.0. The van der Waals surface area contributed by atoms with Gasteiger partial charge in [-0.2, -0.15) is 0 Å². The molecule has 0 saturated carbocycles. The van der Waals surface area contributed by atoms with Crippen molar-refractivity contribution in [3.05, 3.63) is 36.2 Å². The van der Waals surface area contributed by atoms with Crippen molar-refractivity contribution in [1.82, 2.24) is 15.0 Å². The average Bonchev–Trinajstić information content (AvgIpc) is 2.97. The summed E-state index contributed by atoms with van der Waals surface area (Å²) in [7, 11) is 0. The van der Waals surface area contributed by atoms with E-state index < -0.39 is 0 Å². The van der Waals surface area contributed by atoms with Gasteiger partial charge in [0.1, 0.15) is 6.61 Å². The summed E-state index contributed by atoms with van der Waals surface area (Å²) in [6, 6.07) is 7.58. The van der Waals surface area contributed by atoms with E-state index in [9.17, 15) is 0 Å². The highest BCUT2D eigenvalue weighted by Crippen LogP contribution is 2.26. The van der Waals surface area contributed by atoms with Gasteiger partial charge in [-0.15, -0.1) is 5.10 Å². The Morgan fingerprint density at radius 1 is 1.19 bits per heavy atom. The van der Waals surface area contributed by atoms with E-state index in [1.54, 1.807) is 4.68 Å². The second-order valence-electron chi connectivity index (χ2n) is 4.65. The zero-order valence-electron chi connectivity index (χ0n) is 12.5. The molecule has 2 rings (SSSR count). The van der Waals surface area contributed by atoms with Gasteiger partial charge in [-0.25, -0.2) is 4.68 Å². The first-order valence-corrected chi connectivity index (χ1v) is 7.24. The van der Waals surface area contributed by atoms with Crippen LogP contribution in [0.5, 0.6) is 11.5 Å². The number of rotatable bonds is 8. The van der Waals surface area contributed by atoms with E-state index in [4.69, 9.17) is 15.2 Å². The van der Waals surface area contributed by atoms with Gasteiger partial charge in [0.05, 0.1) is 31.1 Å². The lowest BCUT2D eigenvalue weighted by Crippen LogP contribution is -2.10. The third-order valence-corrected chi connectivity index (χ3v) is 3.10. The third-order valence-electron chi connectivity index (χ3n) is 3.10. The van der Waals surface area contributed by atoms with Crippen molar-refractivity contribution in [3.63, 3.8) is 0 Å². The van der Waals surface area contributed by atoms with Crippen LogP contribution < -0.4 is 15.2 Å². The first-order chi connectivity index (χ1) is 10.2. The molecule has 6 heteroatoms. The molecule has 0 aliphatic rings. The van der Waals surface area contributed by atoms with Crippen LogP contribution >= 0.6 is 0 Å². The average molecular weight is 290 g/mol. The summed E-state index contributed by atoms with van der Waals surface area (Å²) in [5.41, 5.74) is 6.73. The minimum atomic E-state index is -0.0571. The van der Waals surface area contributed by atoms with E-state index in [0.717, 1.165) is 23.6 Å². The molecule has 1 aromatic heterocycles. The SMILES string of the molecule is CCOc1ccccc1OCCn1cc(C(N)CC)nn1. The van der Waals surface area contributed by atoms with Gasteiger partial charge < -0.3 is 15.2 Å². The highest BCUT2D eigenvalue weighted by Gasteiger charge is 2.08. The molecule has 0 spiro atoms. The summed E-state index contributed by atoms with van der Waals surface area (Å²) in [5.74, 6) is 1.50. The molecule has 1 aromatic carbocycles. The zero-order valence-corrected chi connectivity index (χ0v) is 12.5. The third kappa shape index (κ3) is 4.19. The van der Waals surface area contributed by atoms with Crippen LogP contribution in [0.4, 0.5) is 0 Å². The molecule has 0 amide bonds. The molecule has 1 heterocycles. The standard InChI is InChI=1S/C15H22N4O2/c1-3-12(16)13-11-19(18-17-13)9-10-21-15-8-6-5-7-14(15)20-4-2/h5-8,11-12H,3-4,9-10,16H2,1-2H3. The zero-order chi connectivity index (χ0) is 15.1. The number of nitrogens with two attached hydrogens (primary N) is 1. The summed E-state index contributed by atoms with van der Waals surface area (Å²) >= 11 is 0. The molecular weight excluding hydrogens is 268 g/mol. The molecule has 6 nitrogen and oxygen atoms in total. The molecule has 0 radical (unpaired) electrons. The van der Waals surface area contributed by atoms with E-state index in [-0.39, 0.29) is 6.04 Å². The molecule has 0 aliphatic heterocycles. The lowest BCUT2D eigenvalue weighted by atomic mass is 10.2. The van der Waals surface area contributed by atoms with Crippen LogP contribution in [0.3, 0.4) is 0 Å². The van der Waals surface area contributed by atoms with E-state index in [1.807, 2.05) is 44.3 Å². The van der Waals surface area contributed by atoms with Gasteiger partial charge in [-0.1, -0.05) is 24.3 Å². The minimum absolute atomic E-state index is 0.0571. The second kappa shape index (κ2) is 7.64. The van der Waals surface area contributed by atoms with Crippen LogP contribution in [0.15, 0.2) is 30.5 Å². The van der Waals surface area contributed by atoms with Crippen LogP contribution in [0.25, 0.3) is 0 Å². The first kappa shape index (κ1) is 15.3. The Labute approximate surface area is 124 Å². The summed E-state index contributed by atoms with van der Waals surface area (Å²) in [6.07, 6.45) is 2.71. The Bertz CT molecular complexity index is 556. The van der Waals surface area contributed by atoms with Gasteiger partial charge in [-0.3, -0.25) is 0 Å². The van der Waals surface area contributed by atoms with Gasteiger partial charge in [0, 0.05) is 0 Å². The molecule has 1 atom stereocenters. The Kier molecular flexibility index (Phi) is 5.57. The highest BCUT2D eigenvalue weighted by atomic mass is 16.5. The predicted octanol–water partition coefficient (Wildman–Crippen LogP) is 2.17. The fourth-order valence-electron chi connectivity index (χ4n) is 1.89. The fraction of sp³-hybridized carbons (Fsp3) is 0.467. The monoisotopic (exact) mass is 290 g/mol. The molecule has 0 aliphatic carbocycles. The van der Waals surface area contributed by atoms with Gasteiger partial charge in [0.15, 0.2) is 11.5 Å². The van der Waals surface area contributed by atoms with Crippen molar-refractivity contribution in [1.29, 1.82) is 0 Å². The highest BCUT2D eigenvalue weighted by molar-refractivity contribution is 5.39. The van der Waals surface area contributed by atoms with Crippen LogP contribution in [0.1, 0.15) is 32.0 Å². The van der Waals surface area contributed by atoms with Gasteiger partial charge in [-0.05, 0) is 25.5 Å². The number of hydrogen-bond acceptors (Lipinski definition) is 5. The summed E-state index contributed by atoms with van der Waals surface area (Å²) in [4.78, 5) is 0. The quantitative estimate of drug-likeness (QED) is 0.806. The van der Waals surface area contributed by atoms with Gasteiger partial charge >= 0.3 is 0 Å². The lowest BCUT2D eigenvalue weighted by molar-refractivity contribution is 0.261. The van der Waals surface area contributed by atoms with Crippen molar-refractivity contribution < 1.29 is 9.47 Å². The number of aromatic nitrogens is 3. The Morgan fingerprint density at radius 3 is 2.57 bits per heavy atom. The topological polar surface area (TPSA) is 75.2 Å². The van der Waals surface area contributed by atoms with Crippen molar-refractivity contribution in [2.24, 2.45) is 5.73 Å². The van der Waals surface area contributed by atoms with E-state index in [0.29, 0.717) is 19.8 Å².